The fourth-order valence-corrected chi connectivity index (χ4v) is 1.42. The van der Waals surface area contributed by atoms with Gasteiger partial charge in [-0.2, -0.15) is 0 Å². The van der Waals surface area contributed by atoms with E-state index >= 15 is 0 Å². The van der Waals surface area contributed by atoms with Crippen LogP contribution < -0.4 is 5.32 Å². The van der Waals surface area contributed by atoms with Crippen molar-refractivity contribution in [2.45, 2.75) is 59.1 Å². The lowest BCUT2D eigenvalue weighted by Crippen LogP contribution is -2.47. The molecular weight excluding hydrogens is 278 g/mol. The van der Waals surface area contributed by atoms with E-state index in [1.807, 2.05) is 0 Å². The van der Waals surface area contributed by atoms with Gasteiger partial charge in [0.05, 0.1) is 6.61 Å². The minimum Gasteiger partial charge on any atom is -0.481 e. The van der Waals surface area contributed by atoms with Crippen molar-refractivity contribution >= 4 is 18.0 Å². The van der Waals surface area contributed by atoms with Gasteiger partial charge in [-0.05, 0) is 33.1 Å². The van der Waals surface area contributed by atoms with E-state index in [-0.39, 0.29) is 25.4 Å². The van der Waals surface area contributed by atoms with Crippen LogP contribution >= 0.6 is 0 Å². The Bertz CT molecular complexity index is 372. The predicted octanol–water partition coefficient (Wildman–Crippen LogP) is 1.94. The zero-order valence-electron chi connectivity index (χ0n) is 13.3. The second-order valence-corrected chi connectivity index (χ2v) is 6.03. The summed E-state index contributed by atoms with van der Waals surface area (Å²) in [6, 6.07) is -0.829. The molecule has 122 valence electrons. The Labute approximate surface area is 125 Å². The first-order chi connectivity index (χ1) is 9.53. The predicted molar refractivity (Wildman–Crippen MR) is 75.8 cm³/mol. The third kappa shape index (κ3) is 9.70. The summed E-state index contributed by atoms with van der Waals surface area (Å²) >= 11 is 0. The molecule has 0 saturated carbocycles. The molecule has 0 heterocycles. The fraction of sp³-hybridized carbons (Fsp3) is 0.786. The zero-order chi connectivity index (χ0) is 16.6. The van der Waals surface area contributed by atoms with E-state index in [0.29, 0.717) is 0 Å². The molecule has 0 aliphatic rings. The number of hydrogen-bond acceptors (Lipinski definition) is 5. The summed E-state index contributed by atoms with van der Waals surface area (Å²) in [4.78, 5) is 33.9. The van der Waals surface area contributed by atoms with Crippen LogP contribution in [0, 0.1) is 5.92 Å². The van der Waals surface area contributed by atoms with Crippen LogP contribution in [0.5, 0.6) is 0 Å². The molecule has 1 atom stereocenters. The van der Waals surface area contributed by atoms with E-state index in [0.717, 1.165) is 0 Å². The minimum absolute atomic E-state index is 0.00432. The van der Waals surface area contributed by atoms with Gasteiger partial charge in [0.2, 0.25) is 0 Å². The second kappa shape index (κ2) is 8.49. The van der Waals surface area contributed by atoms with Gasteiger partial charge in [-0.1, -0.05) is 13.8 Å². The topological polar surface area (TPSA) is 102 Å². The van der Waals surface area contributed by atoms with Crippen molar-refractivity contribution in [3.63, 3.8) is 0 Å². The van der Waals surface area contributed by atoms with Crippen LogP contribution in [0.3, 0.4) is 0 Å². The van der Waals surface area contributed by atoms with Crippen LogP contribution in [0.1, 0.15) is 47.5 Å². The number of ether oxygens (including phenoxy) is 2. The molecule has 0 aromatic carbocycles. The molecular formula is C14H25NO6. The smallest absolute Gasteiger partial charge is 0.408 e. The van der Waals surface area contributed by atoms with Crippen LogP contribution in [0.2, 0.25) is 0 Å². The summed E-state index contributed by atoms with van der Waals surface area (Å²) in [6.45, 7) is 8.70. The maximum atomic E-state index is 11.9. The Morgan fingerprint density at radius 3 is 2.19 bits per heavy atom. The third-order valence-corrected chi connectivity index (χ3v) is 2.37. The number of hydrogen-bond donors (Lipinski definition) is 2. The Balaban J connectivity index is 4.37. The molecule has 0 saturated heterocycles. The fourth-order valence-electron chi connectivity index (χ4n) is 1.42. The summed E-state index contributed by atoms with van der Waals surface area (Å²) in [5.74, 6) is -1.72. The molecule has 0 unspecified atom stereocenters. The lowest BCUT2D eigenvalue weighted by molar-refractivity contribution is -0.148. The Kier molecular flexibility index (Phi) is 7.76. The number of nitrogens with one attached hydrogen (secondary N) is 1. The van der Waals surface area contributed by atoms with Gasteiger partial charge >= 0.3 is 18.0 Å². The SMILES string of the molecule is CC(C)[C@H](NC(=O)OC(C)(C)C)C(=O)OCCCC(=O)O. The largest absolute Gasteiger partial charge is 0.481 e. The molecule has 0 spiro atoms. The van der Waals surface area contributed by atoms with Crippen molar-refractivity contribution < 1.29 is 29.0 Å². The average molecular weight is 303 g/mol. The maximum Gasteiger partial charge on any atom is 0.408 e. The number of amides is 1. The highest BCUT2D eigenvalue weighted by Gasteiger charge is 2.28. The number of rotatable bonds is 7. The van der Waals surface area contributed by atoms with E-state index in [9.17, 15) is 14.4 Å². The van der Waals surface area contributed by atoms with Gasteiger partial charge in [0, 0.05) is 6.42 Å². The molecule has 2 N–H and O–H groups in total. The van der Waals surface area contributed by atoms with Crippen LogP contribution in [-0.2, 0) is 19.1 Å². The van der Waals surface area contributed by atoms with Gasteiger partial charge in [0.15, 0.2) is 0 Å². The van der Waals surface area contributed by atoms with Crippen molar-refractivity contribution in [1.82, 2.24) is 5.32 Å². The quantitative estimate of drug-likeness (QED) is 0.550. The van der Waals surface area contributed by atoms with Crippen molar-refractivity contribution in [3.8, 4) is 0 Å². The highest BCUT2D eigenvalue weighted by atomic mass is 16.6. The third-order valence-electron chi connectivity index (χ3n) is 2.37. The standard InChI is InChI=1S/C14H25NO6/c1-9(2)11(15-13(19)21-14(3,4)5)12(18)20-8-6-7-10(16)17/h9,11H,6-8H2,1-5H3,(H,15,19)(H,16,17)/t11-/m0/s1. The highest BCUT2D eigenvalue weighted by molar-refractivity contribution is 5.81. The first kappa shape index (κ1) is 19.2. The van der Waals surface area contributed by atoms with Gasteiger partial charge in [-0.25, -0.2) is 9.59 Å². The number of carboxylic acids is 1. The molecule has 7 heteroatoms. The summed E-state index contributed by atoms with van der Waals surface area (Å²) in [6.07, 6.45) is -0.527. The zero-order valence-corrected chi connectivity index (χ0v) is 13.3. The van der Waals surface area contributed by atoms with Crippen LogP contribution in [0.4, 0.5) is 4.79 Å². The van der Waals surface area contributed by atoms with E-state index in [1.165, 1.54) is 0 Å². The molecule has 1 amide bonds. The first-order valence-corrected chi connectivity index (χ1v) is 6.91. The van der Waals surface area contributed by atoms with Gasteiger partial charge in [0.1, 0.15) is 11.6 Å². The van der Waals surface area contributed by atoms with Gasteiger partial charge in [0.25, 0.3) is 0 Å². The summed E-state index contributed by atoms with van der Waals surface area (Å²) < 4.78 is 10.1. The number of carbonyl (C=O) groups is 3. The molecule has 0 radical (unpaired) electrons. The van der Waals surface area contributed by atoms with E-state index < -0.39 is 29.7 Å². The summed E-state index contributed by atoms with van der Waals surface area (Å²) in [7, 11) is 0. The van der Waals surface area contributed by atoms with E-state index in [4.69, 9.17) is 14.6 Å². The van der Waals surface area contributed by atoms with Crippen LogP contribution in [-0.4, -0.2) is 41.4 Å². The number of alkyl carbamates (subject to hydrolysis) is 1. The van der Waals surface area contributed by atoms with Crippen molar-refractivity contribution in [1.29, 1.82) is 0 Å². The second-order valence-electron chi connectivity index (χ2n) is 6.03. The number of carbonyl (C=O) groups excluding carboxylic acids is 2. The first-order valence-electron chi connectivity index (χ1n) is 6.91. The minimum atomic E-state index is -0.946. The molecule has 0 aliphatic heterocycles. The Hall–Kier alpha value is -1.79. The Morgan fingerprint density at radius 2 is 1.76 bits per heavy atom. The molecule has 7 nitrogen and oxygen atoms in total. The van der Waals surface area contributed by atoms with Crippen molar-refractivity contribution in [3.05, 3.63) is 0 Å². The molecule has 0 rings (SSSR count). The average Bonchev–Trinajstić information content (AvgIpc) is 2.28. The number of carboxylic acid groups (broad SMARTS) is 1. The lowest BCUT2D eigenvalue weighted by atomic mass is 10.1. The van der Waals surface area contributed by atoms with E-state index in [2.05, 4.69) is 5.32 Å². The summed E-state index contributed by atoms with van der Waals surface area (Å²) in [5, 5.41) is 11.0. The molecule has 0 fully saturated rings. The molecule has 0 aliphatic carbocycles. The van der Waals surface area contributed by atoms with E-state index in [1.54, 1.807) is 34.6 Å². The van der Waals surface area contributed by atoms with Gasteiger partial charge < -0.3 is 19.9 Å². The van der Waals surface area contributed by atoms with Crippen LogP contribution in [0.15, 0.2) is 0 Å². The maximum absolute atomic E-state index is 11.9. The number of aliphatic carboxylic acids is 1. The van der Waals surface area contributed by atoms with Crippen LogP contribution in [0.25, 0.3) is 0 Å². The highest BCUT2D eigenvalue weighted by Crippen LogP contribution is 2.09. The normalized spacial score (nSPS) is 12.7. The molecule has 0 aromatic heterocycles. The molecule has 0 bridgehead atoms. The summed E-state index contributed by atoms with van der Waals surface area (Å²) in [5.41, 5.74) is -0.656. The molecule has 21 heavy (non-hydrogen) atoms. The molecule has 0 aromatic rings. The van der Waals surface area contributed by atoms with Crippen molar-refractivity contribution in [2.24, 2.45) is 5.92 Å². The monoisotopic (exact) mass is 303 g/mol. The van der Waals surface area contributed by atoms with Gasteiger partial charge in [-0.15, -0.1) is 0 Å². The number of esters is 1. The van der Waals surface area contributed by atoms with Crippen molar-refractivity contribution in [2.75, 3.05) is 6.61 Å². The lowest BCUT2D eigenvalue weighted by Gasteiger charge is -2.24. The van der Waals surface area contributed by atoms with Gasteiger partial charge in [-0.3, -0.25) is 4.79 Å². The Morgan fingerprint density at radius 1 is 1.19 bits per heavy atom.